The fourth-order valence-corrected chi connectivity index (χ4v) is 0.759. The van der Waals surface area contributed by atoms with Crippen molar-refractivity contribution in [3.8, 4) is 0 Å². The van der Waals surface area contributed by atoms with Crippen LogP contribution in [0, 0.1) is 5.21 Å². The van der Waals surface area contributed by atoms with Crippen molar-refractivity contribution < 1.29 is 56.2 Å². The molecule has 5 heteroatoms. The van der Waals surface area contributed by atoms with Crippen LogP contribution in [0.3, 0.4) is 0 Å². The quantitative estimate of drug-likeness (QED) is 0.292. The van der Waals surface area contributed by atoms with Crippen LogP contribution < -0.4 is 62.6 Å². The van der Waals surface area contributed by atoms with Crippen LogP contribution in [0.4, 0.5) is 5.69 Å². The second-order valence-corrected chi connectivity index (χ2v) is 2.02. The monoisotopic (exact) mass is 190 g/mol. The summed E-state index contributed by atoms with van der Waals surface area (Å²) in [6.07, 6.45) is 0. The molecule has 1 amide bonds. The smallest absolute Gasteiger partial charge is 0.759 e. The van der Waals surface area contributed by atoms with E-state index in [4.69, 9.17) is 5.73 Å². The van der Waals surface area contributed by atoms with E-state index in [2.05, 4.69) is 0 Å². The van der Waals surface area contributed by atoms with E-state index >= 15 is 0 Å². The average molecular weight is 190 g/mol. The summed E-state index contributed by atoms with van der Waals surface area (Å²) in [4.78, 5) is 10.7. The van der Waals surface area contributed by atoms with Gasteiger partial charge in [-0.05, 0) is 12.1 Å². The molecule has 0 unspecified atom stereocenters. The standard InChI is InChI=1S/C7H7N2O2.K/c8-6-4-2-1-3-5(6)7(10)9-11;/h1-4H,(H3-,8,9,10,11);/q-1;+1. The van der Waals surface area contributed by atoms with Gasteiger partial charge in [-0.15, -0.1) is 0 Å². The number of carbonyl (C=O) groups is 1. The molecule has 1 aromatic rings. The normalized spacial score (nSPS) is 8.42. The van der Waals surface area contributed by atoms with Gasteiger partial charge in [0.05, 0.1) is 5.56 Å². The molecule has 0 bridgehead atoms. The van der Waals surface area contributed by atoms with Crippen LogP contribution in [0.1, 0.15) is 10.4 Å². The molecule has 1 aromatic carbocycles. The van der Waals surface area contributed by atoms with E-state index < -0.39 is 5.91 Å². The predicted octanol–water partition coefficient (Wildman–Crippen LogP) is -2.50. The number of nitrogens with two attached hydrogens (primary N) is 1. The van der Waals surface area contributed by atoms with Crippen molar-refractivity contribution in [2.24, 2.45) is 0 Å². The Morgan fingerprint density at radius 2 is 2.00 bits per heavy atom. The molecule has 1 rings (SSSR count). The summed E-state index contributed by atoms with van der Waals surface area (Å²) in [5.74, 6) is -0.705. The van der Waals surface area contributed by atoms with Crippen molar-refractivity contribution in [2.45, 2.75) is 0 Å². The van der Waals surface area contributed by atoms with Crippen molar-refractivity contribution in [3.05, 3.63) is 35.0 Å². The summed E-state index contributed by atoms with van der Waals surface area (Å²) in [5.41, 5.74) is 7.17. The SMILES string of the molecule is Nc1ccccc1C(=O)N[O-].[K+]. The van der Waals surface area contributed by atoms with Gasteiger partial charge in [0.1, 0.15) is 0 Å². The first-order chi connectivity index (χ1) is 5.25. The molecule has 12 heavy (non-hydrogen) atoms. The molecular weight excluding hydrogens is 183 g/mol. The Kier molecular flexibility index (Phi) is 5.72. The van der Waals surface area contributed by atoms with Gasteiger partial charge in [-0.2, -0.15) is 0 Å². The first-order valence-corrected chi connectivity index (χ1v) is 3.02. The predicted molar refractivity (Wildman–Crippen MR) is 41.7 cm³/mol. The minimum absolute atomic E-state index is 0. The van der Waals surface area contributed by atoms with E-state index in [1.807, 2.05) is 0 Å². The summed E-state index contributed by atoms with van der Waals surface area (Å²) in [6, 6.07) is 6.38. The zero-order valence-electron chi connectivity index (χ0n) is 6.70. The number of hydrogen-bond acceptors (Lipinski definition) is 3. The van der Waals surface area contributed by atoms with Gasteiger partial charge in [-0.25, -0.2) is 0 Å². The first kappa shape index (κ1) is 12.1. The van der Waals surface area contributed by atoms with Crippen LogP contribution in [0.5, 0.6) is 0 Å². The van der Waals surface area contributed by atoms with Crippen molar-refractivity contribution in [1.29, 1.82) is 0 Å². The van der Waals surface area contributed by atoms with Crippen molar-refractivity contribution in [2.75, 3.05) is 5.73 Å². The molecular formula is C7H7KN2O2. The number of para-hydroxylation sites is 1. The second kappa shape index (κ2) is 5.68. The number of amides is 1. The molecule has 4 nitrogen and oxygen atoms in total. The first-order valence-electron chi connectivity index (χ1n) is 3.02. The van der Waals surface area contributed by atoms with Gasteiger partial charge in [-0.3, -0.25) is 4.79 Å². The zero-order valence-corrected chi connectivity index (χ0v) is 9.83. The largest absolute Gasteiger partial charge is 1.00 e. The van der Waals surface area contributed by atoms with E-state index in [9.17, 15) is 10.0 Å². The number of hydroxylamine groups is 1. The van der Waals surface area contributed by atoms with Gasteiger partial charge < -0.3 is 16.4 Å². The molecule has 0 radical (unpaired) electrons. The van der Waals surface area contributed by atoms with Crippen LogP contribution in [-0.2, 0) is 0 Å². The second-order valence-electron chi connectivity index (χ2n) is 2.02. The molecule has 0 saturated heterocycles. The molecule has 0 heterocycles. The minimum atomic E-state index is -0.705. The van der Waals surface area contributed by atoms with Crippen molar-refractivity contribution in [1.82, 2.24) is 5.48 Å². The molecule has 0 saturated carbocycles. The van der Waals surface area contributed by atoms with E-state index in [-0.39, 0.29) is 56.9 Å². The maximum absolute atomic E-state index is 10.7. The number of carbonyl (C=O) groups excluding carboxylic acids is 1. The van der Waals surface area contributed by atoms with E-state index in [1.165, 1.54) is 11.5 Å². The van der Waals surface area contributed by atoms with Gasteiger partial charge in [0.2, 0.25) is 5.91 Å². The molecule has 0 aliphatic heterocycles. The minimum Gasteiger partial charge on any atom is -0.759 e. The average Bonchev–Trinajstić information content (AvgIpc) is 2.04. The number of rotatable bonds is 1. The molecule has 0 aromatic heterocycles. The van der Waals surface area contributed by atoms with E-state index in [0.29, 0.717) is 5.69 Å². The maximum Gasteiger partial charge on any atom is 1.00 e. The number of anilines is 1. The molecule has 0 aliphatic rings. The summed E-state index contributed by atoms with van der Waals surface area (Å²) in [7, 11) is 0. The van der Waals surface area contributed by atoms with Crippen LogP contribution >= 0.6 is 0 Å². The van der Waals surface area contributed by atoms with Gasteiger partial charge in [0, 0.05) is 5.69 Å². The fraction of sp³-hybridized carbons (Fsp3) is 0. The van der Waals surface area contributed by atoms with E-state index in [1.54, 1.807) is 18.2 Å². The summed E-state index contributed by atoms with van der Waals surface area (Å²) in [5, 5.41) is 9.93. The Labute approximate surface area is 113 Å². The number of nitrogen functional groups attached to an aromatic ring is 1. The molecule has 3 N–H and O–H groups in total. The third kappa shape index (κ3) is 2.85. The summed E-state index contributed by atoms with van der Waals surface area (Å²) in [6.45, 7) is 0. The zero-order chi connectivity index (χ0) is 8.27. The molecule has 58 valence electrons. The Hall–Kier alpha value is 0.0864. The Balaban J connectivity index is 0.00000121. The molecule has 0 spiro atoms. The van der Waals surface area contributed by atoms with Gasteiger partial charge in [-0.1, -0.05) is 12.1 Å². The topological polar surface area (TPSA) is 78.2 Å². The number of benzene rings is 1. The summed E-state index contributed by atoms with van der Waals surface area (Å²) < 4.78 is 0. The van der Waals surface area contributed by atoms with Crippen LogP contribution in [0.2, 0.25) is 0 Å². The number of hydrogen-bond donors (Lipinski definition) is 2. The molecule has 0 aliphatic carbocycles. The van der Waals surface area contributed by atoms with Crippen LogP contribution in [-0.4, -0.2) is 5.91 Å². The van der Waals surface area contributed by atoms with Gasteiger partial charge in [0.25, 0.3) is 0 Å². The van der Waals surface area contributed by atoms with Crippen LogP contribution in [0.25, 0.3) is 0 Å². The van der Waals surface area contributed by atoms with E-state index in [0.717, 1.165) is 0 Å². The third-order valence-electron chi connectivity index (χ3n) is 1.30. The Morgan fingerprint density at radius 3 is 2.50 bits per heavy atom. The van der Waals surface area contributed by atoms with Crippen molar-refractivity contribution >= 4 is 11.6 Å². The summed E-state index contributed by atoms with van der Waals surface area (Å²) >= 11 is 0. The maximum atomic E-state index is 10.7. The fourth-order valence-electron chi connectivity index (χ4n) is 0.759. The Morgan fingerprint density at radius 1 is 1.42 bits per heavy atom. The molecule has 0 fully saturated rings. The van der Waals surface area contributed by atoms with Crippen LogP contribution in [0.15, 0.2) is 24.3 Å². The van der Waals surface area contributed by atoms with Gasteiger partial charge >= 0.3 is 51.4 Å². The van der Waals surface area contributed by atoms with Gasteiger partial charge in [0.15, 0.2) is 0 Å². The number of nitrogens with one attached hydrogen (secondary N) is 1. The molecule has 0 atom stereocenters. The third-order valence-corrected chi connectivity index (χ3v) is 1.30. The van der Waals surface area contributed by atoms with Crippen molar-refractivity contribution in [3.63, 3.8) is 0 Å². The Bertz CT molecular complexity index is 278.